The zero-order valence-electron chi connectivity index (χ0n) is 16.0. The Hall–Kier alpha value is -2.38. The number of nitrogens with zero attached hydrogens (tertiary/aromatic N) is 1. The van der Waals surface area contributed by atoms with E-state index in [0.29, 0.717) is 25.4 Å². The number of ether oxygens (including phenoxy) is 2. The lowest BCUT2D eigenvalue weighted by Crippen LogP contribution is -2.35. The summed E-state index contributed by atoms with van der Waals surface area (Å²) in [5, 5.41) is 0. The summed E-state index contributed by atoms with van der Waals surface area (Å²) in [7, 11) is -3.59. The molecule has 28 heavy (non-hydrogen) atoms. The van der Waals surface area contributed by atoms with E-state index in [1.807, 2.05) is 31.2 Å². The molecule has 1 fully saturated rings. The van der Waals surface area contributed by atoms with Crippen LogP contribution in [0.5, 0.6) is 5.75 Å². The molecule has 0 bridgehead atoms. The van der Waals surface area contributed by atoms with Crippen molar-refractivity contribution < 1.29 is 22.7 Å². The molecule has 0 aliphatic carbocycles. The van der Waals surface area contributed by atoms with Crippen LogP contribution in [0, 0.1) is 0 Å². The summed E-state index contributed by atoms with van der Waals surface area (Å²) in [4.78, 5) is 12.6. The topological polar surface area (TPSA) is 72.9 Å². The van der Waals surface area contributed by atoms with E-state index in [1.165, 1.54) is 16.4 Å². The van der Waals surface area contributed by atoms with Gasteiger partial charge in [-0.2, -0.15) is 4.31 Å². The van der Waals surface area contributed by atoms with Crippen LogP contribution in [0.1, 0.15) is 42.1 Å². The Labute approximate surface area is 166 Å². The zero-order chi connectivity index (χ0) is 20.0. The highest BCUT2D eigenvalue weighted by atomic mass is 32.2. The lowest BCUT2D eigenvalue weighted by molar-refractivity contribution is 0.0469. The minimum Gasteiger partial charge on any atom is -0.493 e. The quantitative estimate of drug-likeness (QED) is 0.660. The molecular formula is C21H25NO5S. The van der Waals surface area contributed by atoms with E-state index in [1.54, 1.807) is 12.1 Å². The van der Waals surface area contributed by atoms with Crippen LogP contribution in [-0.2, 0) is 21.4 Å². The molecule has 0 N–H and O–H groups in total. The number of sulfonamides is 1. The van der Waals surface area contributed by atoms with Crippen LogP contribution in [0.25, 0.3) is 0 Å². The van der Waals surface area contributed by atoms with Gasteiger partial charge in [-0.25, -0.2) is 13.2 Å². The van der Waals surface area contributed by atoms with Crippen molar-refractivity contribution in [1.29, 1.82) is 0 Å². The molecule has 0 unspecified atom stereocenters. The molecule has 7 heteroatoms. The Bertz CT molecular complexity index is 920. The maximum Gasteiger partial charge on any atom is 0.338 e. The molecule has 0 spiro atoms. The Morgan fingerprint density at radius 3 is 2.54 bits per heavy atom. The average Bonchev–Trinajstić information content (AvgIpc) is 2.74. The van der Waals surface area contributed by atoms with Gasteiger partial charge in [-0.15, -0.1) is 0 Å². The SMILES string of the molecule is CCOc1ccccc1COC(=O)c1cccc(S(=O)(=O)N2CCCCC2)c1. The predicted octanol–water partition coefficient (Wildman–Crippen LogP) is 3.62. The molecule has 1 aliphatic rings. The number of rotatable bonds is 7. The van der Waals surface area contributed by atoms with E-state index in [2.05, 4.69) is 0 Å². The van der Waals surface area contributed by atoms with E-state index in [9.17, 15) is 13.2 Å². The van der Waals surface area contributed by atoms with Crippen LogP contribution >= 0.6 is 0 Å². The third-order valence-corrected chi connectivity index (χ3v) is 6.55. The molecule has 6 nitrogen and oxygen atoms in total. The molecule has 150 valence electrons. The number of carbonyl (C=O) groups is 1. The van der Waals surface area contributed by atoms with Crippen molar-refractivity contribution in [3.8, 4) is 5.75 Å². The summed E-state index contributed by atoms with van der Waals surface area (Å²) in [5.41, 5.74) is 0.974. The van der Waals surface area contributed by atoms with E-state index in [0.717, 1.165) is 24.8 Å². The van der Waals surface area contributed by atoms with Gasteiger partial charge < -0.3 is 9.47 Å². The molecule has 1 aliphatic heterocycles. The minimum absolute atomic E-state index is 0.0537. The van der Waals surface area contributed by atoms with Crippen LogP contribution in [0.15, 0.2) is 53.4 Å². The average molecular weight is 404 g/mol. The van der Waals surface area contributed by atoms with Gasteiger partial charge in [0.2, 0.25) is 10.0 Å². The third-order valence-electron chi connectivity index (χ3n) is 4.65. The van der Waals surface area contributed by atoms with E-state index in [-0.39, 0.29) is 17.1 Å². The molecular weight excluding hydrogens is 378 g/mol. The van der Waals surface area contributed by atoms with Crippen molar-refractivity contribution in [1.82, 2.24) is 4.31 Å². The van der Waals surface area contributed by atoms with Crippen molar-refractivity contribution in [2.45, 2.75) is 37.7 Å². The van der Waals surface area contributed by atoms with Crippen molar-refractivity contribution in [2.75, 3.05) is 19.7 Å². The first-order chi connectivity index (χ1) is 13.5. The summed E-state index contributed by atoms with van der Waals surface area (Å²) >= 11 is 0. The van der Waals surface area contributed by atoms with E-state index in [4.69, 9.17) is 9.47 Å². The molecule has 2 aromatic rings. The summed E-state index contributed by atoms with van der Waals surface area (Å²) < 4.78 is 38.0. The van der Waals surface area contributed by atoms with Crippen molar-refractivity contribution in [3.05, 3.63) is 59.7 Å². The van der Waals surface area contributed by atoms with Gasteiger partial charge in [0.25, 0.3) is 0 Å². The second kappa shape index (κ2) is 9.21. The summed E-state index contributed by atoms with van der Waals surface area (Å²) in [5.74, 6) is 0.0984. The second-order valence-electron chi connectivity index (χ2n) is 6.61. The highest BCUT2D eigenvalue weighted by molar-refractivity contribution is 7.89. The molecule has 0 saturated carbocycles. The molecule has 3 rings (SSSR count). The molecule has 1 heterocycles. The van der Waals surface area contributed by atoms with Crippen molar-refractivity contribution in [2.24, 2.45) is 0 Å². The maximum absolute atomic E-state index is 12.8. The van der Waals surface area contributed by atoms with E-state index < -0.39 is 16.0 Å². The summed E-state index contributed by atoms with van der Waals surface area (Å²) in [6.45, 7) is 3.49. The molecule has 0 atom stereocenters. The molecule has 2 aromatic carbocycles. The van der Waals surface area contributed by atoms with Gasteiger partial charge in [-0.1, -0.05) is 30.7 Å². The first-order valence-electron chi connectivity index (χ1n) is 9.50. The van der Waals surface area contributed by atoms with Crippen LogP contribution in [0.3, 0.4) is 0 Å². The molecule has 0 radical (unpaired) electrons. The number of piperidine rings is 1. The molecule has 0 amide bonds. The normalized spacial score (nSPS) is 15.2. The lowest BCUT2D eigenvalue weighted by Gasteiger charge is -2.25. The summed E-state index contributed by atoms with van der Waals surface area (Å²) in [6, 6.07) is 13.4. The predicted molar refractivity (Wildman–Crippen MR) is 106 cm³/mol. The highest BCUT2D eigenvalue weighted by Crippen LogP contribution is 2.23. The van der Waals surface area contributed by atoms with Gasteiger partial charge in [-0.05, 0) is 44.0 Å². The van der Waals surface area contributed by atoms with Gasteiger partial charge in [0.15, 0.2) is 0 Å². The van der Waals surface area contributed by atoms with Crippen molar-refractivity contribution in [3.63, 3.8) is 0 Å². The zero-order valence-corrected chi connectivity index (χ0v) is 16.8. The smallest absolute Gasteiger partial charge is 0.338 e. The highest BCUT2D eigenvalue weighted by Gasteiger charge is 2.26. The first-order valence-corrected chi connectivity index (χ1v) is 10.9. The van der Waals surface area contributed by atoms with Gasteiger partial charge in [0.1, 0.15) is 12.4 Å². The number of hydrogen-bond donors (Lipinski definition) is 0. The first kappa shape index (κ1) is 20.4. The van der Waals surface area contributed by atoms with Gasteiger partial charge in [0, 0.05) is 18.7 Å². The Kier molecular flexibility index (Phi) is 6.70. The fraction of sp³-hybridized carbons (Fsp3) is 0.381. The monoisotopic (exact) mass is 403 g/mol. The van der Waals surface area contributed by atoms with Gasteiger partial charge >= 0.3 is 5.97 Å². The number of esters is 1. The number of benzene rings is 2. The van der Waals surface area contributed by atoms with Gasteiger partial charge in [-0.3, -0.25) is 0 Å². The maximum atomic E-state index is 12.8. The summed E-state index contributed by atoms with van der Waals surface area (Å²) in [6.07, 6.45) is 2.77. The fourth-order valence-corrected chi connectivity index (χ4v) is 4.75. The van der Waals surface area contributed by atoms with Gasteiger partial charge in [0.05, 0.1) is 17.1 Å². The number of hydrogen-bond acceptors (Lipinski definition) is 5. The Morgan fingerprint density at radius 2 is 1.79 bits per heavy atom. The third kappa shape index (κ3) is 4.72. The Balaban J connectivity index is 1.72. The molecule has 1 saturated heterocycles. The fourth-order valence-electron chi connectivity index (χ4n) is 3.18. The van der Waals surface area contributed by atoms with Crippen molar-refractivity contribution >= 4 is 16.0 Å². The molecule has 0 aromatic heterocycles. The van der Waals surface area contributed by atoms with Crippen LogP contribution < -0.4 is 4.74 Å². The van der Waals surface area contributed by atoms with E-state index >= 15 is 0 Å². The van der Waals surface area contributed by atoms with Crippen LogP contribution in [-0.4, -0.2) is 38.4 Å². The number of para-hydroxylation sites is 1. The largest absolute Gasteiger partial charge is 0.493 e. The standard InChI is InChI=1S/C21H25NO5S/c1-2-26-20-12-5-4-9-18(20)16-27-21(23)17-10-8-11-19(15-17)28(24,25)22-13-6-3-7-14-22/h4-5,8-12,15H,2-3,6-7,13-14,16H2,1H3. The van der Waals surface area contributed by atoms with Crippen LogP contribution in [0.2, 0.25) is 0 Å². The minimum atomic E-state index is -3.59. The van der Waals surface area contributed by atoms with Crippen LogP contribution in [0.4, 0.5) is 0 Å². The second-order valence-corrected chi connectivity index (χ2v) is 8.55. The number of carbonyl (C=O) groups excluding carboxylic acids is 1. The Morgan fingerprint density at radius 1 is 1.04 bits per heavy atom. The lowest BCUT2D eigenvalue weighted by atomic mass is 10.2.